The molecule has 1 heterocycles. The number of benzene rings is 1. The number of halogens is 2. The van der Waals surface area contributed by atoms with Gasteiger partial charge in [-0.25, -0.2) is 4.39 Å². The Hall–Kier alpha value is -0.600. The number of fused-ring (bicyclic) bond motifs is 1. The van der Waals surface area contributed by atoms with Crippen LogP contribution in [0.4, 0.5) is 4.39 Å². The van der Waals surface area contributed by atoms with Gasteiger partial charge in [-0.2, -0.15) is 0 Å². The predicted molar refractivity (Wildman–Crippen MR) is 51.4 cm³/mol. The van der Waals surface area contributed by atoms with Crippen LogP contribution in [-0.2, 0) is 13.0 Å². The van der Waals surface area contributed by atoms with Gasteiger partial charge in [-0.05, 0) is 36.6 Å². The van der Waals surface area contributed by atoms with Gasteiger partial charge in [0.1, 0.15) is 5.82 Å². The number of rotatable bonds is 0. The minimum atomic E-state index is -0.238. The highest BCUT2D eigenvalue weighted by Gasteiger charge is 2.17. The van der Waals surface area contributed by atoms with Crippen molar-refractivity contribution in [2.45, 2.75) is 25.9 Å². The number of hydrogen-bond acceptors (Lipinski definition) is 1. The molecule has 0 spiro atoms. The van der Waals surface area contributed by atoms with Crippen LogP contribution in [0.2, 0.25) is 5.02 Å². The maximum Gasteiger partial charge on any atom is 0.124 e. The molecule has 1 nitrogen and oxygen atoms in total. The largest absolute Gasteiger partial charge is 0.310 e. The molecule has 1 aliphatic heterocycles. The lowest BCUT2D eigenvalue weighted by atomic mass is 9.96. The minimum Gasteiger partial charge on any atom is -0.310 e. The summed E-state index contributed by atoms with van der Waals surface area (Å²) >= 11 is 5.92. The zero-order valence-corrected chi connectivity index (χ0v) is 8.16. The van der Waals surface area contributed by atoms with Gasteiger partial charge in [-0.3, -0.25) is 0 Å². The lowest BCUT2D eigenvalue weighted by molar-refractivity contribution is 0.509. The van der Waals surface area contributed by atoms with E-state index in [4.69, 9.17) is 11.6 Å². The molecule has 1 atom stereocenters. The average molecular weight is 200 g/mol. The maximum absolute atomic E-state index is 13.0. The molecule has 1 aromatic carbocycles. The third kappa shape index (κ3) is 1.69. The molecule has 0 saturated heterocycles. The first-order chi connectivity index (χ1) is 6.16. The van der Waals surface area contributed by atoms with Crippen molar-refractivity contribution in [2.75, 3.05) is 0 Å². The summed E-state index contributed by atoms with van der Waals surface area (Å²) in [7, 11) is 0. The molecule has 0 amide bonds. The predicted octanol–water partition coefficient (Wildman–Crippen LogP) is 2.51. The van der Waals surface area contributed by atoms with Crippen LogP contribution in [0.5, 0.6) is 0 Å². The fraction of sp³-hybridized carbons (Fsp3) is 0.400. The van der Waals surface area contributed by atoms with Crippen LogP contribution in [0.1, 0.15) is 18.1 Å². The van der Waals surface area contributed by atoms with Crippen molar-refractivity contribution in [3.8, 4) is 0 Å². The summed E-state index contributed by atoms with van der Waals surface area (Å²) in [5.41, 5.74) is 2.08. The summed E-state index contributed by atoms with van der Waals surface area (Å²) in [4.78, 5) is 0. The van der Waals surface area contributed by atoms with Gasteiger partial charge in [0, 0.05) is 17.6 Å². The van der Waals surface area contributed by atoms with Crippen LogP contribution >= 0.6 is 11.6 Å². The first-order valence-corrected chi connectivity index (χ1v) is 4.75. The smallest absolute Gasteiger partial charge is 0.124 e. The highest BCUT2D eigenvalue weighted by atomic mass is 35.5. The van der Waals surface area contributed by atoms with Crippen molar-refractivity contribution < 1.29 is 4.39 Å². The van der Waals surface area contributed by atoms with E-state index >= 15 is 0 Å². The summed E-state index contributed by atoms with van der Waals surface area (Å²) in [5, 5.41) is 3.83. The topological polar surface area (TPSA) is 12.0 Å². The fourth-order valence-corrected chi connectivity index (χ4v) is 2.01. The fourth-order valence-electron chi connectivity index (χ4n) is 1.72. The van der Waals surface area contributed by atoms with Crippen molar-refractivity contribution >= 4 is 11.6 Å². The molecule has 0 radical (unpaired) electrons. The Morgan fingerprint density at radius 2 is 2.31 bits per heavy atom. The minimum absolute atomic E-state index is 0.238. The van der Waals surface area contributed by atoms with Crippen LogP contribution in [-0.4, -0.2) is 6.04 Å². The summed E-state index contributed by atoms with van der Waals surface area (Å²) in [6.45, 7) is 2.83. The van der Waals surface area contributed by atoms with Crippen LogP contribution < -0.4 is 5.32 Å². The summed E-state index contributed by atoms with van der Waals surface area (Å²) in [5.74, 6) is -0.238. The molecule has 1 aromatic rings. The molecule has 13 heavy (non-hydrogen) atoms. The van der Waals surface area contributed by atoms with E-state index in [1.807, 2.05) is 0 Å². The van der Waals surface area contributed by atoms with Crippen LogP contribution in [0.25, 0.3) is 0 Å². The molecular weight excluding hydrogens is 189 g/mol. The maximum atomic E-state index is 13.0. The van der Waals surface area contributed by atoms with E-state index in [1.165, 1.54) is 6.07 Å². The molecule has 1 N–H and O–H groups in total. The zero-order chi connectivity index (χ0) is 9.42. The zero-order valence-electron chi connectivity index (χ0n) is 7.40. The van der Waals surface area contributed by atoms with E-state index in [9.17, 15) is 4.39 Å². The number of nitrogens with one attached hydrogen (secondary N) is 1. The Bertz CT molecular complexity index is 338. The Balaban J connectivity index is 2.47. The first kappa shape index (κ1) is 8.97. The molecule has 2 rings (SSSR count). The van der Waals surface area contributed by atoms with Gasteiger partial charge in [-0.1, -0.05) is 11.6 Å². The van der Waals surface area contributed by atoms with Gasteiger partial charge < -0.3 is 5.32 Å². The van der Waals surface area contributed by atoms with Crippen molar-refractivity contribution in [3.05, 3.63) is 34.1 Å². The molecule has 0 fully saturated rings. The Morgan fingerprint density at radius 3 is 3.08 bits per heavy atom. The molecule has 70 valence electrons. The number of hydrogen-bond donors (Lipinski definition) is 1. The summed E-state index contributed by atoms with van der Waals surface area (Å²) in [6, 6.07) is 3.36. The quantitative estimate of drug-likeness (QED) is 0.677. The van der Waals surface area contributed by atoms with E-state index < -0.39 is 0 Å². The summed E-state index contributed by atoms with van der Waals surface area (Å²) in [6.07, 6.45) is 0.854. The third-order valence-electron chi connectivity index (χ3n) is 2.41. The van der Waals surface area contributed by atoms with Crippen molar-refractivity contribution in [1.82, 2.24) is 5.32 Å². The van der Waals surface area contributed by atoms with Gasteiger partial charge in [-0.15, -0.1) is 0 Å². The van der Waals surface area contributed by atoms with E-state index in [0.29, 0.717) is 11.1 Å². The monoisotopic (exact) mass is 199 g/mol. The highest BCUT2D eigenvalue weighted by Crippen LogP contribution is 2.25. The van der Waals surface area contributed by atoms with Gasteiger partial charge in [0.05, 0.1) is 0 Å². The standard InChI is InChI=1S/C10H11ClFN/c1-6-2-7-3-8(12)4-10(11)9(7)5-13-6/h3-4,6,13H,2,5H2,1H3. The summed E-state index contributed by atoms with van der Waals surface area (Å²) < 4.78 is 13.0. The normalized spacial score (nSPS) is 21.3. The molecule has 0 bridgehead atoms. The van der Waals surface area contributed by atoms with Gasteiger partial charge in [0.25, 0.3) is 0 Å². The molecular formula is C10H11ClFN. The molecule has 0 aromatic heterocycles. The van der Waals surface area contributed by atoms with E-state index in [0.717, 1.165) is 24.1 Å². The third-order valence-corrected chi connectivity index (χ3v) is 2.74. The Labute approximate surface area is 81.9 Å². The van der Waals surface area contributed by atoms with Crippen molar-refractivity contribution in [3.63, 3.8) is 0 Å². The van der Waals surface area contributed by atoms with Gasteiger partial charge in [0.15, 0.2) is 0 Å². The highest BCUT2D eigenvalue weighted by molar-refractivity contribution is 6.31. The van der Waals surface area contributed by atoms with Crippen LogP contribution in [0.15, 0.2) is 12.1 Å². The van der Waals surface area contributed by atoms with E-state index in [2.05, 4.69) is 12.2 Å². The van der Waals surface area contributed by atoms with Crippen molar-refractivity contribution in [2.24, 2.45) is 0 Å². The second-order valence-electron chi connectivity index (χ2n) is 3.51. The average Bonchev–Trinajstić information content (AvgIpc) is 2.02. The lowest BCUT2D eigenvalue weighted by Crippen LogP contribution is -2.33. The molecule has 3 heteroatoms. The van der Waals surface area contributed by atoms with Gasteiger partial charge in [0.2, 0.25) is 0 Å². The SMILES string of the molecule is CC1Cc2cc(F)cc(Cl)c2CN1. The van der Waals surface area contributed by atoms with Crippen LogP contribution in [0.3, 0.4) is 0 Å². The second kappa shape index (κ2) is 3.28. The second-order valence-corrected chi connectivity index (χ2v) is 3.92. The Kier molecular flexibility index (Phi) is 2.26. The molecule has 0 aliphatic carbocycles. The molecule has 1 unspecified atom stereocenters. The first-order valence-electron chi connectivity index (χ1n) is 4.37. The van der Waals surface area contributed by atoms with E-state index in [1.54, 1.807) is 6.07 Å². The van der Waals surface area contributed by atoms with E-state index in [-0.39, 0.29) is 5.82 Å². The molecule has 1 aliphatic rings. The van der Waals surface area contributed by atoms with Crippen LogP contribution in [0, 0.1) is 5.82 Å². The van der Waals surface area contributed by atoms with Gasteiger partial charge >= 0.3 is 0 Å². The lowest BCUT2D eigenvalue weighted by Gasteiger charge is -2.23. The van der Waals surface area contributed by atoms with Crippen molar-refractivity contribution in [1.29, 1.82) is 0 Å². The Morgan fingerprint density at radius 1 is 1.54 bits per heavy atom. The molecule has 0 saturated carbocycles.